The number of thiophene rings is 1. The zero-order valence-corrected chi connectivity index (χ0v) is 8.53. The third kappa shape index (κ3) is 1.49. The molecule has 74 valence electrons. The van der Waals surface area contributed by atoms with Crippen molar-refractivity contribution in [3.63, 3.8) is 0 Å². The second-order valence-corrected chi connectivity index (χ2v) is 3.92. The van der Waals surface area contributed by atoms with Crippen LogP contribution in [0.1, 0.15) is 16.7 Å². The molecule has 5 nitrogen and oxygen atoms in total. The van der Waals surface area contributed by atoms with E-state index in [0.29, 0.717) is 11.8 Å². The standard InChI is InChI=1S/C8H11N5S/c1-13-8(10)11-7(12-13)6(9)5-3-2-4-14-5/h2-4,6H,9H2,1H3,(H2,10,11,12). The van der Waals surface area contributed by atoms with Gasteiger partial charge in [0.15, 0.2) is 5.82 Å². The van der Waals surface area contributed by atoms with Gasteiger partial charge in [0.2, 0.25) is 5.95 Å². The van der Waals surface area contributed by atoms with Gasteiger partial charge >= 0.3 is 0 Å². The number of hydrogen-bond donors (Lipinski definition) is 2. The van der Waals surface area contributed by atoms with Crippen LogP contribution in [0.3, 0.4) is 0 Å². The van der Waals surface area contributed by atoms with Crippen LogP contribution in [0.2, 0.25) is 0 Å². The minimum atomic E-state index is -0.279. The summed E-state index contributed by atoms with van der Waals surface area (Å²) >= 11 is 1.59. The second-order valence-electron chi connectivity index (χ2n) is 2.94. The average molecular weight is 209 g/mol. The monoisotopic (exact) mass is 209 g/mol. The summed E-state index contributed by atoms with van der Waals surface area (Å²) in [5.41, 5.74) is 11.5. The first-order valence-electron chi connectivity index (χ1n) is 4.14. The van der Waals surface area contributed by atoms with Crippen molar-refractivity contribution in [1.82, 2.24) is 14.8 Å². The Bertz CT molecular complexity index is 399. The van der Waals surface area contributed by atoms with Crippen LogP contribution in [0.5, 0.6) is 0 Å². The van der Waals surface area contributed by atoms with Gasteiger partial charge in [-0.3, -0.25) is 0 Å². The lowest BCUT2D eigenvalue weighted by atomic mass is 10.2. The predicted octanol–water partition coefficient (Wildman–Crippen LogP) is 0.507. The minimum absolute atomic E-state index is 0.279. The smallest absolute Gasteiger partial charge is 0.218 e. The molecule has 2 aromatic rings. The third-order valence-electron chi connectivity index (χ3n) is 1.94. The molecule has 0 saturated carbocycles. The van der Waals surface area contributed by atoms with Gasteiger partial charge in [0.25, 0.3) is 0 Å². The van der Waals surface area contributed by atoms with Gasteiger partial charge in [-0.05, 0) is 11.4 Å². The van der Waals surface area contributed by atoms with E-state index < -0.39 is 0 Å². The molecule has 14 heavy (non-hydrogen) atoms. The summed E-state index contributed by atoms with van der Waals surface area (Å²) in [6.07, 6.45) is 0. The molecule has 4 N–H and O–H groups in total. The highest BCUT2D eigenvalue weighted by Crippen LogP contribution is 2.21. The Morgan fingerprint density at radius 1 is 1.57 bits per heavy atom. The number of nitrogens with two attached hydrogens (primary N) is 2. The van der Waals surface area contributed by atoms with E-state index in [-0.39, 0.29) is 6.04 Å². The highest BCUT2D eigenvalue weighted by molar-refractivity contribution is 7.10. The maximum atomic E-state index is 5.96. The highest BCUT2D eigenvalue weighted by Gasteiger charge is 2.15. The van der Waals surface area contributed by atoms with Crippen LogP contribution in [-0.2, 0) is 7.05 Å². The van der Waals surface area contributed by atoms with Gasteiger partial charge in [-0.25, -0.2) is 4.68 Å². The van der Waals surface area contributed by atoms with Gasteiger partial charge in [-0.15, -0.1) is 11.3 Å². The number of aryl methyl sites for hydroxylation is 1. The fourth-order valence-electron chi connectivity index (χ4n) is 1.14. The first-order valence-corrected chi connectivity index (χ1v) is 5.02. The molecule has 0 aliphatic carbocycles. The molecule has 1 atom stereocenters. The number of nitrogens with zero attached hydrogens (tertiary/aromatic N) is 3. The van der Waals surface area contributed by atoms with Crippen LogP contribution >= 0.6 is 11.3 Å². The molecule has 6 heteroatoms. The molecule has 0 radical (unpaired) electrons. The first-order chi connectivity index (χ1) is 6.68. The third-order valence-corrected chi connectivity index (χ3v) is 2.90. The number of aromatic nitrogens is 3. The van der Waals surface area contributed by atoms with E-state index in [0.717, 1.165) is 4.88 Å². The van der Waals surface area contributed by atoms with Crippen LogP contribution in [0.25, 0.3) is 0 Å². The van der Waals surface area contributed by atoms with Crippen molar-refractivity contribution in [2.75, 3.05) is 5.73 Å². The molecule has 0 aromatic carbocycles. The Kier molecular flexibility index (Phi) is 2.22. The van der Waals surface area contributed by atoms with Crippen molar-refractivity contribution in [2.24, 2.45) is 12.8 Å². The summed E-state index contributed by atoms with van der Waals surface area (Å²) in [7, 11) is 1.74. The maximum Gasteiger partial charge on any atom is 0.218 e. The van der Waals surface area contributed by atoms with Gasteiger partial charge in [0.05, 0.1) is 0 Å². The number of hydrogen-bond acceptors (Lipinski definition) is 5. The van der Waals surface area contributed by atoms with Crippen molar-refractivity contribution >= 4 is 17.3 Å². The van der Waals surface area contributed by atoms with Crippen LogP contribution in [0, 0.1) is 0 Å². The summed E-state index contributed by atoms with van der Waals surface area (Å²) in [6, 6.07) is 3.63. The minimum Gasteiger partial charge on any atom is -0.368 e. The van der Waals surface area contributed by atoms with E-state index in [1.165, 1.54) is 4.68 Å². The van der Waals surface area contributed by atoms with Crippen molar-refractivity contribution in [3.05, 3.63) is 28.2 Å². The van der Waals surface area contributed by atoms with Crippen LogP contribution in [-0.4, -0.2) is 14.8 Å². The Balaban J connectivity index is 2.32. The number of rotatable bonds is 2. The molecule has 2 rings (SSSR count). The molecule has 0 bridgehead atoms. The quantitative estimate of drug-likeness (QED) is 0.754. The zero-order valence-electron chi connectivity index (χ0n) is 7.71. The van der Waals surface area contributed by atoms with Gasteiger partial charge in [0.1, 0.15) is 6.04 Å². The molecule has 2 heterocycles. The average Bonchev–Trinajstić information content (AvgIpc) is 2.76. The van der Waals surface area contributed by atoms with Gasteiger partial charge in [-0.2, -0.15) is 10.1 Å². The van der Waals surface area contributed by atoms with Crippen LogP contribution in [0.15, 0.2) is 17.5 Å². The molecule has 0 fully saturated rings. The molecule has 0 aliphatic heterocycles. The first kappa shape index (κ1) is 9.17. The van der Waals surface area contributed by atoms with Gasteiger partial charge in [0, 0.05) is 11.9 Å². The summed E-state index contributed by atoms with van der Waals surface area (Å²) in [5.74, 6) is 0.944. The van der Waals surface area contributed by atoms with E-state index in [1.807, 2.05) is 17.5 Å². The lowest BCUT2D eigenvalue weighted by Gasteiger charge is -2.02. The summed E-state index contributed by atoms with van der Waals surface area (Å²) in [4.78, 5) is 5.12. The topological polar surface area (TPSA) is 82.8 Å². The lowest BCUT2D eigenvalue weighted by Crippen LogP contribution is -2.12. The van der Waals surface area contributed by atoms with E-state index in [4.69, 9.17) is 11.5 Å². The summed E-state index contributed by atoms with van der Waals surface area (Å²) in [6.45, 7) is 0. The molecule has 0 aliphatic rings. The summed E-state index contributed by atoms with van der Waals surface area (Å²) < 4.78 is 1.52. The Hall–Kier alpha value is -1.40. The lowest BCUT2D eigenvalue weighted by molar-refractivity contribution is 0.722. The van der Waals surface area contributed by atoms with E-state index in [2.05, 4.69) is 10.1 Å². The SMILES string of the molecule is Cn1nc(C(N)c2cccs2)nc1N. The van der Waals surface area contributed by atoms with E-state index >= 15 is 0 Å². The zero-order chi connectivity index (χ0) is 10.1. The van der Waals surface area contributed by atoms with Crippen molar-refractivity contribution in [3.8, 4) is 0 Å². The fourth-order valence-corrected chi connectivity index (χ4v) is 1.87. The van der Waals surface area contributed by atoms with E-state index in [9.17, 15) is 0 Å². The molecular weight excluding hydrogens is 198 g/mol. The van der Waals surface area contributed by atoms with Crippen LogP contribution in [0.4, 0.5) is 5.95 Å². The normalized spacial score (nSPS) is 13.0. The number of anilines is 1. The molecule has 1 unspecified atom stereocenters. The Morgan fingerprint density at radius 3 is 2.86 bits per heavy atom. The molecule has 0 saturated heterocycles. The highest BCUT2D eigenvalue weighted by atomic mass is 32.1. The molecular formula is C8H11N5S. The molecule has 0 amide bonds. The Morgan fingerprint density at radius 2 is 2.36 bits per heavy atom. The Labute approximate surface area is 85.4 Å². The summed E-state index contributed by atoms with van der Waals surface area (Å²) in [5, 5.41) is 6.10. The largest absolute Gasteiger partial charge is 0.368 e. The van der Waals surface area contributed by atoms with E-state index in [1.54, 1.807) is 18.4 Å². The number of nitrogen functional groups attached to an aromatic ring is 1. The maximum absolute atomic E-state index is 5.96. The molecule has 2 aromatic heterocycles. The second kappa shape index (κ2) is 3.39. The van der Waals surface area contributed by atoms with Gasteiger partial charge < -0.3 is 11.5 Å². The van der Waals surface area contributed by atoms with Crippen molar-refractivity contribution in [1.29, 1.82) is 0 Å². The van der Waals surface area contributed by atoms with Crippen molar-refractivity contribution < 1.29 is 0 Å². The van der Waals surface area contributed by atoms with Gasteiger partial charge in [-0.1, -0.05) is 6.07 Å². The fraction of sp³-hybridized carbons (Fsp3) is 0.250. The molecule has 0 spiro atoms. The van der Waals surface area contributed by atoms with Crippen LogP contribution < -0.4 is 11.5 Å². The predicted molar refractivity (Wildman–Crippen MR) is 55.8 cm³/mol. The van der Waals surface area contributed by atoms with Crippen molar-refractivity contribution in [2.45, 2.75) is 6.04 Å².